The number of carbonyl (C=O) groups excluding carboxylic acids is 1. The highest BCUT2D eigenvalue weighted by Crippen LogP contribution is 2.32. The molecule has 0 saturated heterocycles. The maximum Gasteiger partial charge on any atom is 0.488 e. The summed E-state index contributed by atoms with van der Waals surface area (Å²) in [5, 5.41) is 25.6. The van der Waals surface area contributed by atoms with Crippen LogP contribution in [0.25, 0.3) is 0 Å². The van der Waals surface area contributed by atoms with Gasteiger partial charge in [-0.25, -0.2) is 9.52 Å². The second-order valence-corrected chi connectivity index (χ2v) is 9.67. The monoisotopic (exact) mass is 436 g/mol. The van der Waals surface area contributed by atoms with Crippen LogP contribution in [0, 0.1) is 0 Å². The highest BCUT2D eigenvalue weighted by molar-refractivity contribution is 7.90. The summed E-state index contributed by atoms with van der Waals surface area (Å²) >= 11 is 0. The molecule has 0 bridgehead atoms. The Hall–Kier alpha value is -2.37. The molecule has 0 saturated carbocycles. The SMILES string of the molecule is CC(C)c1cc(B(O)O)cc(C(C)C)c1NC(=O)NS(=O)(=O)c1ccn(C(C)C)n1. The average Bonchev–Trinajstić information content (AvgIpc) is 3.12. The Labute approximate surface area is 177 Å². The molecule has 0 radical (unpaired) electrons. The normalized spacial score (nSPS) is 12.0. The number of nitrogens with one attached hydrogen (secondary N) is 2. The van der Waals surface area contributed by atoms with Gasteiger partial charge in [-0.2, -0.15) is 13.5 Å². The van der Waals surface area contributed by atoms with E-state index in [4.69, 9.17) is 0 Å². The lowest BCUT2D eigenvalue weighted by molar-refractivity contribution is 0.256. The molecule has 0 spiro atoms. The van der Waals surface area contributed by atoms with Crippen molar-refractivity contribution in [1.29, 1.82) is 0 Å². The third-order valence-corrected chi connectivity index (χ3v) is 5.84. The maximum atomic E-state index is 12.6. The number of benzene rings is 1. The van der Waals surface area contributed by atoms with E-state index in [1.54, 1.807) is 12.1 Å². The lowest BCUT2D eigenvalue weighted by Crippen LogP contribution is -2.36. The van der Waals surface area contributed by atoms with Gasteiger partial charge in [0.25, 0.3) is 10.0 Å². The van der Waals surface area contributed by atoms with Crippen LogP contribution in [0.15, 0.2) is 29.4 Å². The molecule has 1 aromatic carbocycles. The average molecular weight is 436 g/mol. The second-order valence-electron chi connectivity index (χ2n) is 8.04. The zero-order valence-corrected chi connectivity index (χ0v) is 18.9. The predicted molar refractivity (Wildman–Crippen MR) is 116 cm³/mol. The van der Waals surface area contributed by atoms with Gasteiger partial charge in [0.15, 0.2) is 5.03 Å². The molecule has 2 amide bonds. The molecule has 0 atom stereocenters. The molecule has 0 aliphatic rings. The van der Waals surface area contributed by atoms with Crippen molar-refractivity contribution in [3.8, 4) is 0 Å². The zero-order valence-electron chi connectivity index (χ0n) is 18.0. The number of sulfonamides is 1. The van der Waals surface area contributed by atoms with Crippen LogP contribution in [0.5, 0.6) is 0 Å². The van der Waals surface area contributed by atoms with E-state index in [0.717, 1.165) is 0 Å². The molecule has 30 heavy (non-hydrogen) atoms. The van der Waals surface area contributed by atoms with Gasteiger partial charge in [0, 0.05) is 17.9 Å². The third kappa shape index (κ3) is 5.41. The van der Waals surface area contributed by atoms with Gasteiger partial charge in [-0.3, -0.25) is 4.68 Å². The summed E-state index contributed by atoms with van der Waals surface area (Å²) in [6.45, 7) is 11.3. The first-order valence-corrected chi connectivity index (χ1v) is 11.2. The lowest BCUT2D eigenvalue weighted by Gasteiger charge is -2.22. The van der Waals surface area contributed by atoms with E-state index in [0.29, 0.717) is 22.3 Å². The van der Waals surface area contributed by atoms with E-state index in [1.807, 2.05) is 46.3 Å². The van der Waals surface area contributed by atoms with E-state index >= 15 is 0 Å². The van der Waals surface area contributed by atoms with Crippen molar-refractivity contribution < 1.29 is 23.3 Å². The number of carbonyl (C=O) groups is 1. The summed E-state index contributed by atoms with van der Waals surface area (Å²) in [5.74, 6) is -0.121. The molecule has 164 valence electrons. The Kier molecular flexibility index (Phi) is 7.33. The summed E-state index contributed by atoms with van der Waals surface area (Å²) in [6.07, 6.45) is 1.53. The van der Waals surface area contributed by atoms with Crippen LogP contribution in [-0.4, -0.2) is 41.4 Å². The van der Waals surface area contributed by atoms with Crippen LogP contribution < -0.4 is 15.5 Å². The fourth-order valence-electron chi connectivity index (χ4n) is 2.98. The summed E-state index contributed by atoms with van der Waals surface area (Å²) < 4.78 is 28.5. The van der Waals surface area contributed by atoms with E-state index in [-0.39, 0.29) is 22.9 Å². The fraction of sp³-hybridized carbons (Fsp3) is 0.474. The Morgan fingerprint density at radius 1 is 1.07 bits per heavy atom. The van der Waals surface area contributed by atoms with Gasteiger partial charge in [0.2, 0.25) is 0 Å². The van der Waals surface area contributed by atoms with Crippen molar-refractivity contribution in [3.63, 3.8) is 0 Å². The van der Waals surface area contributed by atoms with Crippen molar-refractivity contribution in [2.24, 2.45) is 0 Å². The van der Waals surface area contributed by atoms with E-state index in [2.05, 4.69) is 10.4 Å². The van der Waals surface area contributed by atoms with Crippen LogP contribution >= 0.6 is 0 Å². The molecule has 9 nitrogen and oxygen atoms in total. The minimum absolute atomic E-state index is 0.0228. The Balaban J connectivity index is 2.37. The van der Waals surface area contributed by atoms with E-state index in [1.165, 1.54) is 16.9 Å². The lowest BCUT2D eigenvalue weighted by atomic mass is 9.76. The van der Waals surface area contributed by atoms with E-state index in [9.17, 15) is 23.3 Å². The quantitative estimate of drug-likeness (QED) is 0.490. The van der Waals surface area contributed by atoms with Gasteiger partial charge in [0.1, 0.15) is 0 Å². The molecule has 1 heterocycles. The largest absolute Gasteiger partial charge is 0.488 e. The van der Waals surface area contributed by atoms with Crippen LogP contribution in [0.4, 0.5) is 10.5 Å². The highest BCUT2D eigenvalue weighted by Gasteiger charge is 2.25. The summed E-state index contributed by atoms with van der Waals surface area (Å²) in [6, 6.07) is 3.57. The maximum absolute atomic E-state index is 12.6. The molecule has 0 aliphatic carbocycles. The number of amides is 2. The van der Waals surface area contributed by atoms with Gasteiger partial charge in [0.05, 0.1) is 0 Å². The molecule has 0 fully saturated rings. The molecular weight excluding hydrogens is 407 g/mol. The second kappa shape index (κ2) is 9.19. The van der Waals surface area contributed by atoms with Crippen LogP contribution in [0.3, 0.4) is 0 Å². The minimum Gasteiger partial charge on any atom is -0.423 e. The highest BCUT2D eigenvalue weighted by atomic mass is 32.2. The number of anilines is 1. The summed E-state index contributed by atoms with van der Waals surface area (Å²) in [4.78, 5) is 12.6. The summed E-state index contributed by atoms with van der Waals surface area (Å²) in [5.41, 5.74) is 2.09. The Morgan fingerprint density at radius 3 is 2.00 bits per heavy atom. The standard InChI is InChI=1S/C19H29BN4O5S/c1-11(2)15-9-14(20(26)27)10-16(12(3)4)18(15)21-19(25)23-30(28,29)17-7-8-24(22-17)13(5)6/h7-13,26-27H,1-6H3,(H2,21,23,25). The minimum atomic E-state index is -4.15. The number of hydrogen-bond donors (Lipinski definition) is 4. The number of hydrogen-bond acceptors (Lipinski definition) is 6. The van der Waals surface area contributed by atoms with Gasteiger partial charge in [-0.15, -0.1) is 0 Å². The Bertz CT molecular complexity index is 987. The first-order valence-electron chi connectivity index (χ1n) is 9.76. The molecule has 0 aliphatic heterocycles. The smallest absolute Gasteiger partial charge is 0.423 e. The fourth-order valence-corrected chi connectivity index (χ4v) is 3.82. The molecule has 1 aromatic heterocycles. The van der Waals surface area contributed by atoms with Crippen LogP contribution in [0.1, 0.15) is 70.5 Å². The molecule has 0 unspecified atom stereocenters. The third-order valence-electron chi connectivity index (χ3n) is 4.62. The number of rotatable bonds is 7. The van der Waals surface area contributed by atoms with Crippen molar-refractivity contribution in [3.05, 3.63) is 35.5 Å². The number of aromatic nitrogens is 2. The first-order chi connectivity index (χ1) is 13.8. The van der Waals surface area contributed by atoms with Gasteiger partial charge < -0.3 is 15.4 Å². The van der Waals surface area contributed by atoms with Crippen molar-refractivity contribution >= 4 is 34.3 Å². The van der Waals surface area contributed by atoms with Crippen LogP contribution in [0.2, 0.25) is 0 Å². The van der Waals surface area contributed by atoms with Crippen LogP contribution in [-0.2, 0) is 10.0 Å². The molecule has 2 aromatic rings. The summed E-state index contributed by atoms with van der Waals surface area (Å²) in [7, 11) is -5.81. The molecular formula is C19H29BN4O5S. The van der Waals surface area contributed by atoms with Gasteiger partial charge in [-0.1, -0.05) is 39.8 Å². The van der Waals surface area contributed by atoms with Crippen molar-refractivity contribution in [2.45, 2.75) is 64.4 Å². The first kappa shape index (κ1) is 23.9. The number of nitrogens with zero attached hydrogens (tertiary/aromatic N) is 2. The van der Waals surface area contributed by atoms with Crippen molar-refractivity contribution in [2.75, 3.05) is 5.32 Å². The zero-order chi connectivity index (χ0) is 22.8. The molecule has 2 rings (SSSR count). The van der Waals surface area contributed by atoms with Gasteiger partial charge in [-0.05, 0) is 48.3 Å². The predicted octanol–water partition coefficient (Wildman–Crippen LogP) is 1.90. The van der Waals surface area contributed by atoms with E-state index < -0.39 is 23.2 Å². The topological polar surface area (TPSA) is 134 Å². The van der Waals surface area contributed by atoms with Crippen molar-refractivity contribution in [1.82, 2.24) is 14.5 Å². The number of urea groups is 1. The molecule has 11 heteroatoms. The Morgan fingerprint density at radius 2 is 1.60 bits per heavy atom. The molecule has 4 N–H and O–H groups in total. The van der Waals surface area contributed by atoms with Gasteiger partial charge >= 0.3 is 13.1 Å².